The van der Waals surface area contributed by atoms with E-state index in [1.165, 1.54) is 0 Å². The number of fused-ring (bicyclic) bond motifs is 1. The Morgan fingerprint density at radius 1 is 0.964 bits per heavy atom. The van der Waals surface area contributed by atoms with Gasteiger partial charge in [0.1, 0.15) is 16.7 Å². The summed E-state index contributed by atoms with van der Waals surface area (Å²) in [5.74, 6) is 0.975. The summed E-state index contributed by atoms with van der Waals surface area (Å²) in [5.41, 5.74) is 6.46. The number of pyridine rings is 1. The van der Waals surface area contributed by atoms with Crippen molar-refractivity contribution in [2.45, 2.75) is 19.8 Å². The molecule has 0 bridgehead atoms. The van der Waals surface area contributed by atoms with E-state index in [4.69, 9.17) is 21.3 Å². The van der Waals surface area contributed by atoms with Crippen LogP contribution in [0.3, 0.4) is 0 Å². The van der Waals surface area contributed by atoms with E-state index < -0.39 is 0 Å². The highest BCUT2D eigenvalue weighted by Crippen LogP contribution is 2.33. The number of aromatic nitrogens is 1. The van der Waals surface area contributed by atoms with Crippen molar-refractivity contribution in [3.8, 4) is 16.9 Å². The van der Waals surface area contributed by atoms with Crippen molar-refractivity contribution in [3.63, 3.8) is 0 Å². The molecule has 0 saturated heterocycles. The average molecular weight is 391 g/mol. The first-order valence-electron chi connectivity index (χ1n) is 9.02. The minimum atomic E-state index is 0.129. The Hall–Kier alpha value is -2.98. The number of aryl methyl sites for hydroxylation is 1. The standard InChI is InChI=1S/C23H19ClN2O2/c1-14-3-4-16(11-22(14)28-2)15-5-6-20-18(9-15)10-19(27)13-21(26-20)17-7-8-25-23(24)12-17/h3-9,11-12H,10,13H2,1-2H3. The molecule has 0 fully saturated rings. The first-order valence-corrected chi connectivity index (χ1v) is 9.40. The summed E-state index contributed by atoms with van der Waals surface area (Å²) in [6.07, 6.45) is 2.27. The van der Waals surface area contributed by atoms with Gasteiger partial charge in [0, 0.05) is 24.6 Å². The first-order chi connectivity index (χ1) is 13.5. The van der Waals surface area contributed by atoms with Crippen LogP contribution in [0.4, 0.5) is 5.69 Å². The number of methoxy groups -OCH3 is 1. The van der Waals surface area contributed by atoms with Gasteiger partial charge in [-0.2, -0.15) is 0 Å². The Bertz CT molecular complexity index is 1110. The monoisotopic (exact) mass is 390 g/mol. The van der Waals surface area contributed by atoms with Gasteiger partial charge in [0.15, 0.2) is 0 Å². The van der Waals surface area contributed by atoms with Crippen molar-refractivity contribution in [1.29, 1.82) is 0 Å². The molecule has 140 valence electrons. The van der Waals surface area contributed by atoms with Crippen molar-refractivity contribution in [1.82, 2.24) is 4.98 Å². The van der Waals surface area contributed by atoms with Crippen LogP contribution < -0.4 is 4.74 Å². The van der Waals surface area contributed by atoms with Crippen LogP contribution in [0.1, 0.15) is 23.1 Å². The van der Waals surface area contributed by atoms with Crippen LogP contribution in [0, 0.1) is 6.92 Å². The van der Waals surface area contributed by atoms with E-state index in [1.807, 2.05) is 43.3 Å². The van der Waals surface area contributed by atoms with E-state index in [0.29, 0.717) is 11.6 Å². The maximum absolute atomic E-state index is 12.6. The molecule has 0 amide bonds. The zero-order valence-corrected chi connectivity index (χ0v) is 16.5. The fraction of sp³-hybridized carbons (Fsp3) is 0.174. The highest BCUT2D eigenvalue weighted by atomic mass is 35.5. The van der Waals surface area contributed by atoms with Gasteiger partial charge in [0.2, 0.25) is 0 Å². The Balaban J connectivity index is 1.76. The van der Waals surface area contributed by atoms with Gasteiger partial charge in [-0.15, -0.1) is 0 Å². The largest absolute Gasteiger partial charge is 0.496 e. The van der Waals surface area contributed by atoms with Gasteiger partial charge in [-0.3, -0.25) is 9.79 Å². The van der Waals surface area contributed by atoms with E-state index in [-0.39, 0.29) is 12.2 Å². The van der Waals surface area contributed by atoms with Crippen LogP contribution in [0.15, 0.2) is 59.7 Å². The third kappa shape index (κ3) is 3.69. The number of halogens is 1. The number of nitrogens with zero attached hydrogens (tertiary/aromatic N) is 2. The van der Waals surface area contributed by atoms with E-state index in [9.17, 15) is 4.79 Å². The normalized spacial score (nSPS) is 13.5. The van der Waals surface area contributed by atoms with Crippen LogP contribution in [-0.2, 0) is 11.2 Å². The topological polar surface area (TPSA) is 51.5 Å². The molecule has 0 aliphatic carbocycles. The van der Waals surface area contributed by atoms with Crippen LogP contribution >= 0.6 is 11.6 Å². The molecule has 1 aliphatic rings. The molecule has 0 saturated carbocycles. The van der Waals surface area contributed by atoms with Gasteiger partial charge in [-0.1, -0.05) is 29.8 Å². The van der Waals surface area contributed by atoms with Crippen molar-refractivity contribution < 1.29 is 9.53 Å². The molecule has 2 aromatic carbocycles. The SMILES string of the molecule is COc1cc(-c2ccc3c(c2)CC(=O)CC(c2ccnc(Cl)c2)=N3)ccc1C. The second-order valence-electron chi connectivity index (χ2n) is 6.85. The molecule has 4 rings (SSSR count). The molecule has 1 aromatic heterocycles. The second kappa shape index (κ2) is 7.56. The number of Topliss-reactive ketones (excluding diaryl/α,β-unsaturated/α-hetero) is 1. The number of hydrogen-bond donors (Lipinski definition) is 0. The first kappa shape index (κ1) is 18.4. The quantitative estimate of drug-likeness (QED) is 0.566. The molecule has 0 N–H and O–H groups in total. The summed E-state index contributed by atoms with van der Waals surface area (Å²) in [6, 6.07) is 15.7. The van der Waals surface area contributed by atoms with Gasteiger partial charge < -0.3 is 4.74 Å². The number of ether oxygens (including phenoxy) is 1. The molecule has 2 heterocycles. The summed E-state index contributed by atoms with van der Waals surface area (Å²) in [4.78, 5) is 21.3. The lowest BCUT2D eigenvalue weighted by molar-refractivity contribution is -0.117. The van der Waals surface area contributed by atoms with Crippen molar-refractivity contribution in [2.24, 2.45) is 4.99 Å². The van der Waals surface area contributed by atoms with Gasteiger partial charge >= 0.3 is 0 Å². The van der Waals surface area contributed by atoms with Crippen molar-refractivity contribution in [2.75, 3.05) is 7.11 Å². The number of aliphatic imine (C=N–C) groups is 1. The van der Waals surface area contributed by atoms with Gasteiger partial charge in [0.25, 0.3) is 0 Å². The molecule has 28 heavy (non-hydrogen) atoms. The number of carbonyl (C=O) groups is 1. The van der Waals surface area contributed by atoms with Crippen LogP contribution in [0.2, 0.25) is 5.15 Å². The molecule has 0 radical (unpaired) electrons. The maximum atomic E-state index is 12.6. The lowest BCUT2D eigenvalue weighted by Crippen LogP contribution is -2.09. The Kier molecular flexibility index (Phi) is 4.97. The zero-order chi connectivity index (χ0) is 19.7. The molecule has 3 aromatic rings. The maximum Gasteiger partial charge on any atom is 0.143 e. The highest BCUT2D eigenvalue weighted by molar-refractivity contribution is 6.30. The Morgan fingerprint density at radius 2 is 1.75 bits per heavy atom. The summed E-state index contributed by atoms with van der Waals surface area (Å²) < 4.78 is 5.44. The summed E-state index contributed by atoms with van der Waals surface area (Å²) in [7, 11) is 1.67. The molecule has 0 unspecified atom stereocenters. The Labute approximate surface area is 168 Å². The lowest BCUT2D eigenvalue weighted by Gasteiger charge is -2.10. The lowest BCUT2D eigenvalue weighted by atomic mass is 9.98. The molecule has 4 nitrogen and oxygen atoms in total. The molecule has 5 heteroatoms. The van der Waals surface area contributed by atoms with Crippen LogP contribution in [-0.4, -0.2) is 23.6 Å². The fourth-order valence-electron chi connectivity index (χ4n) is 3.41. The Morgan fingerprint density at radius 3 is 2.54 bits per heavy atom. The highest BCUT2D eigenvalue weighted by Gasteiger charge is 2.19. The van der Waals surface area contributed by atoms with Crippen molar-refractivity contribution in [3.05, 3.63) is 76.6 Å². The van der Waals surface area contributed by atoms with Crippen LogP contribution in [0.5, 0.6) is 5.75 Å². The summed E-state index contributed by atoms with van der Waals surface area (Å²) >= 11 is 6.00. The molecular formula is C23H19ClN2O2. The molecular weight excluding hydrogens is 372 g/mol. The third-order valence-electron chi connectivity index (χ3n) is 4.89. The minimum Gasteiger partial charge on any atom is -0.496 e. The van der Waals surface area contributed by atoms with Crippen molar-refractivity contribution >= 4 is 28.8 Å². The number of rotatable bonds is 3. The van der Waals surface area contributed by atoms with Crippen LogP contribution in [0.25, 0.3) is 11.1 Å². The predicted molar refractivity (Wildman–Crippen MR) is 112 cm³/mol. The summed E-state index contributed by atoms with van der Waals surface area (Å²) in [5, 5.41) is 0.390. The summed E-state index contributed by atoms with van der Waals surface area (Å²) in [6.45, 7) is 2.01. The van der Waals surface area contributed by atoms with Gasteiger partial charge in [-0.25, -0.2) is 4.98 Å². The zero-order valence-electron chi connectivity index (χ0n) is 15.7. The molecule has 0 atom stereocenters. The predicted octanol–water partition coefficient (Wildman–Crippen LogP) is 5.36. The minimum absolute atomic E-state index is 0.129. The van der Waals surface area contributed by atoms with Gasteiger partial charge in [-0.05, 0) is 59.5 Å². The van der Waals surface area contributed by atoms with E-state index >= 15 is 0 Å². The number of ketones is 1. The molecule has 1 aliphatic heterocycles. The average Bonchev–Trinajstić information content (AvgIpc) is 2.85. The second-order valence-corrected chi connectivity index (χ2v) is 7.23. The molecule has 0 spiro atoms. The number of carbonyl (C=O) groups excluding carboxylic acids is 1. The van der Waals surface area contributed by atoms with E-state index in [1.54, 1.807) is 19.4 Å². The number of benzene rings is 2. The van der Waals surface area contributed by atoms with E-state index in [0.717, 1.165) is 45.0 Å². The van der Waals surface area contributed by atoms with E-state index in [2.05, 4.69) is 11.1 Å². The van der Waals surface area contributed by atoms with Gasteiger partial charge in [0.05, 0.1) is 18.5 Å². The smallest absolute Gasteiger partial charge is 0.143 e. The third-order valence-corrected chi connectivity index (χ3v) is 5.10. The number of hydrogen-bond acceptors (Lipinski definition) is 4. The fourth-order valence-corrected chi connectivity index (χ4v) is 3.58.